The molecule has 0 bridgehead atoms. The average molecular weight is 761 g/mol. The van der Waals surface area contributed by atoms with Crippen molar-refractivity contribution in [1.29, 1.82) is 0 Å². The van der Waals surface area contributed by atoms with Crippen molar-refractivity contribution >= 4 is 47.6 Å². The molecular formula is C40H60N2O8S2. The second-order valence-electron chi connectivity index (χ2n) is 17.1. The number of esters is 2. The fourth-order valence-corrected chi connectivity index (χ4v) is 6.31. The van der Waals surface area contributed by atoms with Crippen molar-refractivity contribution in [2.75, 3.05) is 24.7 Å². The molecule has 52 heavy (non-hydrogen) atoms. The molecule has 0 saturated heterocycles. The minimum absolute atomic E-state index is 0.0594. The first kappa shape index (κ1) is 44.8. The van der Waals surface area contributed by atoms with E-state index in [4.69, 9.17) is 9.47 Å². The Morgan fingerprint density at radius 1 is 0.538 bits per heavy atom. The molecule has 2 rings (SSSR count). The summed E-state index contributed by atoms with van der Waals surface area (Å²) in [6.07, 6.45) is 1.25. The van der Waals surface area contributed by atoms with Crippen LogP contribution in [0.5, 0.6) is 11.5 Å². The van der Waals surface area contributed by atoms with Gasteiger partial charge in [-0.3, -0.25) is 28.6 Å². The number of carbonyl (C=O) groups is 4. The number of aromatic hydroxyl groups is 2. The van der Waals surface area contributed by atoms with Gasteiger partial charge in [0.15, 0.2) is 0 Å². The molecule has 0 aliphatic heterocycles. The summed E-state index contributed by atoms with van der Waals surface area (Å²) in [6.45, 7) is 24.6. The van der Waals surface area contributed by atoms with Gasteiger partial charge in [0.05, 0.1) is 0 Å². The van der Waals surface area contributed by atoms with Crippen LogP contribution in [0.1, 0.15) is 129 Å². The van der Waals surface area contributed by atoms with E-state index in [1.807, 2.05) is 107 Å². The summed E-state index contributed by atoms with van der Waals surface area (Å²) in [4.78, 5) is 49.0. The lowest BCUT2D eigenvalue weighted by molar-refractivity contribution is -0.143. The van der Waals surface area contributed by atoms with Gasteiger partial charge in [-0.05, 0) is 91.8 Å². The molecule has 290 valence electrons. The van der Waals surface area contributed by atoms with Gasteiger partial charge in [0.2, 0.25) is 0 Å². The van der Waals surface area contributed by atoms with E-state index in [9.17, 15) is 29.4 Å². The van der Waals surface area contributed by atoms with Crippen LogP contribution in [-0.2, 0) is 63.2 Å². The van der Waals surface area contributed by atoms with Gasteiger partial charge < -0.3 is 19.7 Å². The van der Waals surface area contributed by atoms with Gasteiger partial charge in [-0.2, -0.15) is 0 Å². The summed E-state index contributed by atoms with van der Waals surface area (Å²) in [5, 5.41) is 21.8. The molecular weight excluding hydrogens is 701 g/mol. The summed E-state index contributed by atoms with van der Waals surface area (Å²) < 4.78 is 15.4. The highest BCUT2D eigenvalue weighted by molar-refractivity contribution is 7.98. The van der Waals surface area contributed by atoms with Crippen LogP contribution in [0.4, 0.5) is 0 Å². The molecule has 0 spiro atoms. The molecule has 0 aliphatic carbocycles. The van der Waals surface area contributed by atoms with E-state index in [1.54, 1.807) is 0 Å². The lowest BCUT2D eigenvalue weighted by Crippen LogP contribution is -2.34. The summed E-state index contributed by atoms with van der Waals surface area (Å²) >= 11 is 1.91. The Kier molecular flexibility index (Phi) is 16.0. The second-order valence-corrected chi connectivity index (χ2v) is 18.9. The Bertz CT molecular complexity index is 1390. The molecule has 0 aromatic heterocycles. The largest absolute Gasteiger partial charge is 0.507 e. The van der Waals surface area contributed by atoms with E-state index in [1.165, 1.54) is 0 Å². The van der Waals surface area contributed by atoms with Crippen molar-refractivity contribution in [2.24, 2.45) is 0 Å². The monoisotopic (exact) mass is 760 g/mol. The van der Waals surface area contributed by atoms with Crippen LogP contribution in [0.25, 0.3) is 0 Å². The number of phenols is 2. The summed E-state index contributed by atoms with van der Waals surface area (Å²) in [5.74, 6) is -1.36. The molecule has 2 aromatic rings. The van der Waals surface area contributed by atoms with Crippen molar-refractivity contribution in [3.63, 3.8) is 0 Å². The molecule has 4 N–H and O–H groups in total. The maximum absolute atomic E-state index is 12.4. The quantitative estimate of drug-likeness (QED) is 0.0661. The van der Waals surface area contributed by atoms with Gasteiger partial charge in [-0.1, -0.05) is 107 Å². The number of rotatable bonds is 14. The molecule has 0 aliphatic rings. The number of phenolic OH excluding ortho intramolecular Hbond substituents is 2. The van der Waals surface area contributed by atoms with E-state index in [-0.39, 0.29) is 71.2 Å². The number of carbonyl (C=O) groups excluding carboxylic acids is 4. The number of ether oxygens (including phenoxy) is 2. The molecule has 0 saturated carbocycles. The molecule has 0 atom stereocenters. The molecule has 0 fully saturated rings. The third-order valence-corrected chi connectivity index (χ3v) is 9.64. The summed E-state index contributed by atoms with van der Waals surface area (Å²) in [6, 6.07) is 7.80. The minimum atomic E-state index is -0.851. The zero-order valence-corrected chi connectivity index (χ0v) is 34.8. The van der Waals surface area contributed by atoms with Crippen LogP contribution < -0.4 is 9.44 Å². The molecule has 10 nitrogen and oxygen atoms in total. The number of nitrogens with one attached hydrogen (secondary N) is 2. The Hall–Kier alpha value is -3.38. The highest BCUT2D eigenvalue weighted by atomic mass is 32.2. The van der Waals surface area contributed by atoms with E-state index in [0.717, 1.165) is 57.3 Å². The molecule has 2 amide bonds. The van der Waals surface area contributed by atoms with E-state index >= 15 is 0 Å². The smallest absolute Gasteiger partial charge is 0.320 e. The number of benzene rings is 2. The Labute approximate surface area is 319 Å². The van der Waals surface area contributed by atoms with Crippen LogP contribution in [0.2, 0.25) is 0 Å². The van der Waals surface area contributed by atoms with Crippen molar-refractivity contribution in [2.45, 2.75) is 130 Å². The molecule has 0 heterocycles. The zero-order chi connectivity index (χ0) is 39.7. The fourth-order valence-electron chi connectivity index (χ4n) is 5.32. The molecule has 12 heteroatoms. The number of aryl methyl sites for hydroxylation is 2. The van der Waals surface area contributed by atoms with Gasteiger partial charge in [0.1, 0.15) is 24.7 Å². The van der Waals surface area contributed by atoms with E-state index < -0.39 is 11.8 Å². The van der Waals surface area contributed by atoms with Gasteiger partial charge >= 0.3 is 23.8 Å². The second kappa shape index (κ2) is 18.6. The number of hydrogen-bond acceptors (Lipinski definition) is 10. The maximum Gasteiger partial charge on any atom is 0.320 e. The van der Waals surface area contributed by atoms with Crippen molar-refractivity contribution in [3.8, 4) is 11.5 Å². The first-order valence-electron chi connectivity index (χ1n) is 17.7. The number of amides is 2. The number of hydrogen-bond donors (Lipinski definition) is 4. The summed E-state index contributed by atoms with van der Waals surface area (Å²) in [5.41, 5.74) is 4.18. The average Bonchev–Trinajstić information content (AvgIpc) is 3.00. The van der Waals surface area contributed by atoms with Crippen LogP contribution in [0.3, 0.4) is 0 Å². The van der Waals surface area contributed by atoms with Gasteiger partial charge in [0, 0.05) is 24.3 Å². The third kappa shape index (κ3) is 14.2. The van der Waals surface area contributed by atoms with Gasteiger partial charge in [-0.15, -0.1) is 0 Å². The Morgan fingerprint density at radius 2 is 0.808 bits per heavy atom. The standard InChI is InChI=1S/C40H60N2O8S2/c1-37(2,3)27-21-25(22-28(33(27)45)38(4,5)6)13-15-31(43)49-17-19-51-41-35(47)36(48)42-52-20-18-50-32(44)16-14-26-23-29(39(7,8)9)34(46)30(24-26)40(10,11)12/h21-24,45-46H,13-20H2,1-12H3,(H,41,47)(H,42,48). The Balaban J connectivity index is 1.67. The van der Waals surface area contributed by atoms with E-state index in [0.29, 0.717) is 24.3 Å². The first-order valence-corrected chi connectivity index (χ1v) is 19.7. The van der Waals surface area contributed by atoms with Crippen molar-refractivity contribution in [3.05, 3.63) is 57.6 Å². The minimum Gasteiger partial charge on any atom is -0.507 e. The lowest BCUT2D eigenvalue weighted by atomic mass is 9.78. The Morgan fingerprint density at radius 3 is 1.06 bits per heavy atom. The lowest BCUT2D eigenvalue weighted by Gasteiger charge is -2.28. The first-order chi connectivity index (χ1) is 23.8. The predicted molar refractivity (Wildman–Crippen MR) is 211 cm³/mol. The predicted octanol–water partition coefficient (Wildman–Crippen LogP) is 7.47. The molecule has 0 unspecified atom stereocenters. The van der Waals surface area contributed by atoms with Crippen LogP contribution in [-0.4, -0.2) is 58.7 Å². The fraction of sp³-hybridized carbons (Fsp3) is 0.600. The SMILES string of the molecule is CC(C)(C)c1cc(CCC(=O)OCCSNC(=O)C(=O)NSCCOC(=O)CCc2cc(C(C)(C)C)c(O)c(C(C)(C)C)c2)cc(C(C)(C)C)c1O. The van der Waals surface area contributed by atoms with Crippen LogP contribution >= 0.6 is 23.9 Å². The maximum atomic E-state index is 12.4. The summed E-state index contributed by atoms with van der Waals surface area (Å²) in [7, 11) is 0. The van der Waals surface area contributed by atoms with Crippen molar-refractivity contribution < 1.29 is 38.9 Å². The van der Waals surface area contributed by atoms with Crippen molar-refractivity contribution in [1.82, 2.24) is 9.44 Å². The molecule has 0 radical (unpaired) electrons. The van der Waals surface area contributed by atoms with Crippen LogP contribution in [0.15, 0.2) is 24.3 Å². The van der Waals surface area contributed by atoms with E-state index in [2.05, 4.69) is 9.44 Å². The third-order valence-electron chi connectivity index (χ3n) is 8.24. The topological polar surface area (TPSA) is 151 Å². The van der Waals surface area contributed by atoms with Gasteiger partial charge in [-0.25, -0.2) is 0 Å². The molecule has 2 aromatic carbocycles. The zero-order valence-electron chi connectivity index (χ0n) is 33.1. The normalized spacial score (nSPS) is 12.3. The van der Waals surface area contributed by atoms with Crippen LogP contribution in [0, 0.1) is 0 Å². The highest BCUT2D eigenvalue weighted by Gasteiger charge is 2.28. The highest BCUT2D eigenvalue weighted by Crippen LogP contribution is 2.41. The van der Waals surface area contributed by atoms with Gasteiger partial charge in [0.25, 0.3) is 0 Å².